The number of hydrogen-bond acceptors (Lipinski definition) is 6. The van der Waals surface area contributed by atoms with Gasteiger partial charge in [-0.3, -0.25) is 0 Å². The van der Waals surface area contributed by atoms with Crippen LogP contribution in [0.5, 0.6) is 0 Å². The molecule has 0 aliphatic rings. The van der Waals surface area contributed by atoms with Crippen LogP contribution in [-0.4, -0.2) is 27.2 Å². The van der Waals surface area contributed by atoms with Crippen molar-refractivity contribution in [1.82, 2.24) is 9.97 Å². The van der Waals surface area contributed by atoms with E-state index in [1.54, 1.807) is 0 Å². The van der Waals surface area contributed by atoms with Gasteiger partial charge >= 0.3 is 0 Å². The molecule has 5 N–H and O–H groups in total. The largest absolute Gasteiger partial charge is 0.388 e. The number of nitrogens with one attached hydrogen (secondary N) is 2. The Morgan fingerprint density at radius 1 is 1.26 bits per heavy atom. The Bertz CT molecular complexity index is 420. The van der Waals surface area contributed by atoms with Gasteiger partial charge in [0.1, 0.15) is 17.5 Å². The molecule has 0 aliphatic heterocycles. The molecule has 0 aliphatic carbocycles. The van der Waals surface area contributed by atoms with Gasteiger partial charge in [-0.25, -0.2) is 15.8 Å². The summed E-state index contributed by atoms with van der Waals surface area (Å²) in [6.45, 7) is 8.21. The molecular weight excluding hydrogens is 242 g/mol. The molecule has 1 unspecified atom stereocenters. The molecule has 0 radical (unpaired) electrons. The minimum atomic E-state index is -0.741. The second-order valence-electron chi connectivity index (χ2n) is 5.06. The van der Waals surface area contributed by atoms with Gasteiger partial charge < -0.3 is 15.8 Å². The van der Waals surface area contributed by atoms with Crippen molar-refractivity contribution in [1.29, 1.82) is 0 Å². The number of hydrazine groups is 1. The van der Waals surface area contributed by atoms with E-state index < -0.39 is 5.60 Å². The van der Waals surface area contributed by atoms with Gasteiger partial charge in [-0.1, -0.05) is 20.3 Å². The molecule has 0 fully saturated rings. The summed E-state index contributed by atoms with van der Waals surface area (Å²) in [4.78, 5) is 8.73. The number of hydrogen-bond donors (Lipinski definition) is 4. The van der Waals surface area contributed by atoms with Crippen LogP contribution >= 0.6 is 0 Å². The maximum absolute atomic E-state index is 10.2. The Hall–Kier alpha value is -1.40. The Kier molecular flexibility index (Phi) is 5.50. The van der Waals surface area contributed by atoms with Crippen molar-refractivity contribution in [3.05, 3.63) is 11.4 Å². The van der Waals surface area contributed by atoms with Crippen LogP contribution in [0.4, 0.5) is 11.6 Å². The highest BCUT2D eigenvalue weighted by molar-refractivity contribution is 5.56. The fourth-order valence-corrected chi connectivity index (χ4v) is 1.93. The van der Waals surface area contributed by atoms with E-state index in [0.717, 1.165) is 36.5 Å². The Morgan fingerprint density at radius 3 is 2.42 bits per heavy atom. The molecule has 0 bridgehead atoms. The lowest BCUT2D eigenvalue weighted by Crippen LogP contribution is -2.33. The number of aliphatic hydroxyl groups is 1. The quantitative estimate of drug-likeness (QED) is 0.442. The average Bonchev–Trinajstić information content (AvgIpc) is 2.37. The van der Waals surface area contributed by atoms with Gasteiger partial charge in [0.05, 0.1) is 5.60 Å². The van der Waals surface area contributed by atoms with Crippen LogP contribution in [0.2, 0.25) is 0 Å². The standard InChI is InChI=1S/C13H25N5O/c1-5-7-13(4,19)8-15-11-9(3)12(18-14)17-10(6-2)16-11/h19H,5-8,14H2,1-4H3,(H2,15,16,17,18). The summed E-state index contributed by atoms with van der Waals surface area (Å²) >= 11 is 0. The first-order valence-electron chi connectivity index (χ1n) is 6.74. The van der Waals surface area contributed by atoms with Gasteiger partial charge in [0.25, 0.3) is 0 Å². The summed E-state index contributed by atoms with van der Waals surface area (Å²) in [7, 11) is 0. The van der Waals surface area contributed by atoms with Gasteiger partial charge in [-0.05, 0) is 20.3 Å². The number of rotatable bonds is 7. The van der Waals surface area contributed by atoms with Crippen molar-refractivity contribution >= 4 is 11.6 Å². The molecule has 0 saturated heterocycles. The SMILES string of the molecule is CCCC(C)(O)CNc1nc(CC)nc(NN)c1C. The summed E-state index contributed by atoms with van der Waals surface area (Å²) in [5.74, 6) is 7.51. The predicted molar refractivity (Wildman–Crippen MR) is 78.0 cm³/mol. The van der Waals surface area contributed by atoms with E-state index in [1.807, 2.05) is 20.8 Å². The Morgan fingerprint density at radius 2 is 1.89 bits per heavy atom. The van der Waals surface area contributed by atoms with Gasteiger partial charge in [0.15, 0.2) is 0 Å². The lowest BCUT2D eigenvalue weighted by Gasteiger charge is -2.24. The minimum absolute atomic E-state index is 0.450. The van der Waals surface area contributed by atoms with Crippen molar-refractivity contribution in [3.8, 4) is 0 Å². The normalized spacial score (nSPS) is 14.0. The highest BCUT2D eigenvalue weighted by Crippen LogP contribution is 2.21. The Labute approximate surface area is 114 Å². The molecule has 6 nitrogen and oxygen atoms in total. The van der Waals surface area contributed by atoms with Crippen LogP contribution < -0.4 is 16.6 Å². The Balaban J connectivity index is 2.88. The zero-order valence-electron chi connectivity index (χ0n) is 12.2. The molecule has 1 rings (SSSR count). The van der Waals surface area contributed by atoms with Crippen molar-refractivity contribution in [3.63, 3.8) is 0 Å². The van der Waals surface area contributed by atoms with Gasteiger partial charge in [-0.2, -0.15) is 0 Å². The maximum atomic E-state index is 10.2. The average molecular weight is 267 g/mol. The molecule has 6 heteroatoms. The first-order chi connectivity index (χ1) is 8.93. The summed E-state index contributed by atoms with van der Waals surface area (Å²) < 4.78 is 0. The van der Waals surface area contributed by atoms with Gasteiger partial charge in [0, 0.05) is 18.5 Å². The monoisotopic (exact) mass is 267 g/mol. The topological polar surface area (TPSA) is 96.1 Å². The maximum Gasteiger partial charge on any atom is 0.148 e. The fraction of sp³-hybridized carbons (Fsp3) is 0.692. The zero-order valence-corrected chi connectivity index (χ0v) is 12.2. The zero-order chi connectivity index (χ0) is 14.5. The van der Waals surface area contributed by atoms with Crippen LogP contribution in [0.15, 0.2) is 0 Å². The van der Waals surface area contributed by atoms with Crippen LogP contribution in [-0.2, 0) is 6.42 Å². The number of nitrogen functional groups attached to an aromatic ring is 1. The molecule has 0 amide bonds. The van der Waals surface area contributed by atoms with Crippen molar-refractivity contribution in [2.75, 3.05) is 17.3 Å². The second kappa shape index (κ2) is 6.68. The van der Waals surface area contributed by atoms with Crippen LogP contribution in [0.1, 0.15) is 45.0 Å². The molecule has 108 valence electrons. The minimum Gasteiger partial charge on any atom is -0.388 e. The number of nitrogens with zero attached hydrogens (tertiary/aromatic N) is 2. The third kappa shape index (κ3) is 4.33. The molecule has 19 heavy (non-hydrogen) atoms. The van der Waals surface area contributed by atoms with E-state index >= 15 is 0 Å². The molecule has 1 atom stereocenters. The highest BCUT2D eigenvalue weighted by Gasteiger charge is 2.20. The number of nitrogens with two attached hydrogens (primary N) is 1. The van der Waals surface area contributed by atoms with E-state index in [9.17, 15) is 5.11 Å². The third-order valence-corrected chi connectivity index (χ3v) is 3.07. The summed E-state index contributed by atoms with van der Waals surface area (Å²) in [5.41, 5.74) is 2.69. The van der Waals surface area contributed by atoms with Crippen LogP contribution in [0.3, 0.4) is 0 Å². The molecule has 1 heterocycles. The molecule has 1 aromatic heterocycles. The second-order valence-corrected chi connectivity index (χ2v) is 5.06. The number of anilines is 2. The first-order valence-corrected chi connectivity index (χ1v) is 6.74. The molecule has 0 aromatic carbocycles. The molecule has 0 saturated carbocycles. The van der Waals surface area contributed by atoms with E-state index in [4.69, 9.17) is 5.84 Å². The van der Waals surface area contributed by atoms with E-state index in [0.29, 0.717) is 12.4 Å². The highest BCUT2D eigenvalue weighted by atomic mass is 16.3. The van der Waals surface area contributed by atoms with Crippen LogP contribution in [0.25, 0.3) is 0 Å². The number of aryl methyl sites for hydroxylation is 1. The molecule has 1 aromatic rings. The lowest BCUT2D eigenvalue weighted by atomic mass is 10.0. The van der Waals surface area contributed by atoms with Crippen molar-refractivity contribution < 1.29 is 5.11 Å². The summed E-state index contributed by atoms with van der Waals surface area (Å²) in [6.07, 6.45) is 2.41. The lowest BCUT2D eigenvalue weighted by molar-refractivity contribution is 0.0636. The van der Waals surface area contributed by atoms with Gasteiger partial charge in [-0.15, -0.1) is 0 Å². The summed E-state index contributed by atoms with van der Waals surface area (Å²) in [5, 5.41) is 13.4. The van der Waals surface area contributed by atoms with E-state index in [-0.39, 0.29) is 0 Å². The predicted octanol–water partition coefficient (Wildman–Crippen LogP) is 1.60. The number of aromatic nitrogens is 2. The van der Waals surface area contributed by atoms with E-state index in [1.165, 1.54) is 0 Å². The molecular formula is C13H25N5O. The fourth-order valence-electron chi connectivity index (χ4n) is 1.93. The first kappa shape index (κ1) is 15.7. The van der Waals surface area contributed by atoms with Crippen molar-refractivity contribution in [2.24, 2.45) is 5.84 Å². The van der Waals surface area contributed by atoms with Crippen molar-refractivity contribution in [2.45, 2.75) is 52.6 Å². The molecule has 0 spiro atoms. The smallest absolute Gasteiger partial charge is 0.148 e. The van der Waals surface area contributed by atoms with Gasteiger partial charge in [0.2, 0.25) is 0 Å². The summed E-state index contributed by atoms with van der Waals surface area (Å²) in [6, 6.07) is 0. The van der Waals surface area contributed by atoms with Crippen LogP contribution in [0, 0.1) is 6.92 Å². The third-order valence-electron chi connectivity index (χ3n) is 3.07. The van der Waals surface area contributed by atoms with E-state index in [2.05, 4.69) is 27.6 Å².